The van der Waals surface area contributed by atoms with E-state index >= 15 is 0 Å². The quantitative estimate of drug-likeness (QED) is 0.0280. The SMILES string of the molecule is CC(C)OC(=O)c1cc(-n2c(=O)cc(C(F)(F)F)n(C)c2=O)ccc1Cl.COc1cc(OC)nc(NC(=O)NS(=O)(=O)c2ncccc2C(=O)N(C)C)n1.CP(=O)(O)CCC(N)C(=O)O.O=C(Nc1nc(OC(F)F)cc(OC(F)F)n1)NS(=O)(=O)c1ccccc1C(=O)O. The first kappa shape index (κ1) is 79.1. The number of pyridine rings is 1. The van der Waals surface area contributed by atoms with Gasteiger partial charge in [-0.2, -0.15) is 59.1 Å². The number of nitrogens with one attached hydrogen (secondary N) is 4. The van der Waals surface area contributed by atoms with Gasteiger partial charge in [0.2, 0.25) is 35.4 Å². The molecule has 0 radical (unpaired) electrons. The van der Waals surface area contributed by atoms with Crippen LogP contribution in [0.2, 0.25) is 5.02 Å². The Bertz CT molecular complexity index is 4160. The van der Waals surface area contributed by atoms with Crippen LogP contribution in [0.25, 0.3) is 5.69 Å². The summed E-state index contributed by atoms with van der Waals surface area (Å²) in [6.45, 7) is -2.40. The van der Waals surface area contributed by atoms with Crippen molar-refractivity contribution in [1.29, 1.82) is 0 Å². The average molecular weight is 1440 g/mol. The number of carboxylic acids is 2. The van der Waals surface area contributed by atoms with Gasteiger partial charge in [-0.25, -0.2) is 51.4 Å². The number of hydrogen-bond donors (Lipinski definition) is 8. The van der Waals surface area contributed by atoms with Crippen LogP contribution in [0.4, 0.5) is 52.2 Å². The van der Waals surface area contributed by atoms with E-state index < -0.39 is 145 Å². The summed E-state index contributed by atoms with van der Waals surface area (Å²) in [5, 5.41) is 20.6. The van der Waals surface area contributed by atoms with Crippen molar-refractivity contribution in [2.75, 3.05) is 51.8 Å². The number of ether oxygens (including phenoxy) is 5. The molecule has 6 aromatic rings. The van der Waals surface area contributed by atoms with Crippen molar-refractivity contribution >= 4 is 86.8 Å². The molecule has 0 aliphatic heterocycles. The minimum absolute atomic E-state index is 0.0104. The normalized spacial score (nSPS) is 12.1. The highest BCUT2D eigenvalue weighted by Gasteiger charge is 2.35. The first-order chi connectivity index (χ1) is 43.9. The Labute approximate surface area is 535 Å². The van der Waals surface area contributed by atoms with Crippen LogP contribution in [0.1, 0.15) is 57.0 Å². The molecule has 2 unspecified atom stereocenters. The van der Waals surface area contributed by atoms with Crippen molar-refractivity contribution in [3.05, 3.63) is 127 Å². The highest BCUT2D eigenvalue weighted by atomic mass is 35.5. The summed E-state index contributed by atoms with van der Waals surface area (Å²) in [7, 11) is -5.77. The highest BCUT2D eigenvalue weighted by Crippen LogP contribution is 2.36. The van der Waals surface area contributed by atoms with Crippen LogP contribution in [-0.2, 0) is 47.4 Å². The van der Waals surface area contributed by atoms with Gasteiger partial charge in [-0.05, 0) is 62.7 Å². The number of nitrogens with two attached hydrogens (primary N) is 1. The number of aromatic carboxylic acids is 1. The van der Waals surface area contributed by atoms with Crippen LogP contribution in [0.15, 0.2) is 98.5 Å². The van der Waals surface area contributed by atoms with E-state index in [-0.39, 0.29) is 52.1 Å². The van der Waals surface area contributed by atoms with E-state index in [2.05, 4.69) is 39.7 Å². The number of amides is 5. The largest absolute Gasteiger partial charge is 0.481 e. The molecule has 0 fully saturated rings. The van der Waals surface area contributed by atoms with Crippen molar-refractivity contribution in [1.82, 2.24) is 48.4 Å². The second-order valence-corrected chi connectivity index (χ2v) is 24.8. The number of methoxy groups -OCH3 is 2. The first-order valence-corrected chi connectivity index (χ1v) is 31.2. The molecule has 0 aliphatic carbocycles. The van der Waals surface area contributed by atoms with Crippen LogP contribution >= 0.6 is 19.0 Å². The number of halogens is 8. The van der Waals surface area contributed by atoms with E-state index in [1.54, 1.807) is 23.9 Å². The molecule has 0 aliphatic rings. The second-order valence-electron chi connectivity index (χ2n) is 18.5. The fourth-order valence-corrected chi connectivity index (χ4v) is 9.74. The zero-order valence-corrected chi connectivity index (χ0v) is 53.1. The molecule has 34 nitrogen and oxygen atoms in total. The first-order valence-electron chi connectivity index (χ1n) is 25.5. The topological polar surface area (TPSA) is 480 Å². The Hall–Kier alpha value is -10.1. The van der Waals surface area contributed by atoms with E-state index in [4.69, 9.17) is 46.7 Å². The second kappa shape index (κ2) is 34.2. The van der Waals surface area contributed by atoms with Gasteiger partial charge in [0.1, 0.15) is 16.6 Å². The van der Waals surface area contributed by atoms with Gasteiger partial charge in [-0.3, -0.25) is 34.1 Å². The molecule has 0 saturated heterocycles. The van der Waals surface area contributed by atoms with E-state index in [1.807, 2.05) is 0 Å². The zero-order valence-electron chi connectivity index (χ0n) is 49.9. The molecule has 0 saturated carbocycles. The van der Waals surface area contributed by atoms with Crippen molar-refractivity contribution in [2.24, 2.45) is 12.8 Å². The fourth-order valence-electron chi connectivity index (χ4n) is 6.64. The molecule has 4 aromatic heterocycles. The molecule has 6 rings (SSSR count). The number of aliphatic carboxylic acids is 1. The minimum atomic E-state index is -4.86. The Balaban J connectivity index is 0.000000344. The third kappa shape index (κ3) is 24.7. The number of benzene rings is 2. The molecular weight excluding hydrogens is 1380 g/mol. The van der Waals surface area contributed by atoms with Gasteiger partial charge in [0.05, 0.1) is 59.9 Å². The Morgan fingerprint density at radius 2 is 1.24 bits per heavy atom. The third-order valence-corrected chi connectivity index (χ3v) is 14.8. The Morgan fingerprint density at radius 1 is 0.747 bits per heavy atom. The lowest BCUT2D eigenvalue weighted by molar-refractivity contribution is -0.144. The van der Waals surface area contributed by atoms with Gasteiger partial charge >= 0.3 is 55.1 Å². The van der Waals surface area contributed by atoms with Crippen LogP contribution in [0, 0.1) is 0 Å². The number of rotatable bonds is 21. The third-order valence-electron chi connectivity index (χ3n) is 10.7. The maximum absolute atomic E-state index is 12.9. The van der Waals surface area contributed by atoms with Crippen LogP contribution in [-0.4, -0.2) is 173 Å². The van der Waals surface area contributed by atoms with Crippen molar-refractivity contribution in [3.63, 3.8) is 0 Å². The van der Waals surface area contributed by atoms with Crippen LogP contribution in [0.5, 0.6) is 23.5 Å². The minimum Gasteiger partial charge on any atom is -0.481 e. The molecule has 4 heterocycles. The van der Waals surface area contributed by atoms with E-state index in [0.29, 0.717) is 21.3 Å². The van der Waals surface area contributed by atoms with E-state index in [0.717, 1.165) is 25.2 Å². The van der Waals surface area contributed by atoms with Crippen molar-refractivity contribution in [3.8, 4) is 29.2 Å². The Morgan fingerprint density at radius 3 is 1.71 bits per heavy atom. The summed E-state index contributed by atoms with van der Waals surface area (Å²) in [5.41, 5.74) is 0.255. The number of carboxylic acid groups (broad SMARTS) is 2. The standard InChI is InChI=1S/C16H14ClF3N2O4.C15H18N6O6S.C14H10F4N4O7S.C5H12NO4P/c1-8(2)26-14(24)10-6-9(4-5-11(10)17)22-13(23)7-12(16(18,19)20)21(3)15(22)25;1-21(2)13(22)9-6-5-7-16-12(9)28(24,25)20-15(23)19-14-17-10(26-3)8-11(18-14)27-4;15-11(16)28-8-5-9(29-12(17)18)20-13(19-8)21-14(25)22-30(26,27)7-4-2-1-3-6(7)10(23)24;1-11(9,10)3-2-4(6)5(7)8/h4-8H,1-3H3;5-8H,1-4H3,(H2,17,18,19,20,23);1-5,11-12H,(H,23,24)(H2,19,20,21,22,25);4H,2-3,6H2,1H3,(H,7,8)(H,9,10). The summed E-state index contributed by atoms with van der Waals surface area (Å²) >= 11 is 5.94. The van der Waals surface area contributed by atoms with E-state index in [9.17, 15) is 90.5 Å². The lowest BCUT2D eigenvalue weighted by Gasteiger charge is -2.15. The lowest BCUT2D eigenvalue weighted by atomic mass is 10.2. The number of hydrogen-bond acceptors (Lipinski definition) is 24. The molecule has 45 heteroatoms. The van der Waals surface area contributed by atoms with Crippen LogP contribution < -0.4 is 56.0 Å². The van der Waals surface area contributed by atoms with Gasteiger partial charge in [0, 0.05) is 46.2 Å². The summed E-state index contributed by atoms with van der Waals surface area (Å²) in [6, 6.07) is 9.01. The monoisotopic (exact) mass is 1440 g/mol. The van der Waals surface area contributed by atoms with Crippen molar-refractivity contribution in [2.45, 2.75) is 61.7 Å². The maximum Gasteiger partial charge on any atom is 0.431 e. The maximum atomic E-state index is 12.9. The van der Waals surface area contributed by atoms with Gasteiger partial charge in [0.25, 0.3) is 31.5 Å². The summed E-state index contributed by atoms with van der Waals surface area (Å²) in [6.07, 6.45) is -4.11. The van der Waals surface area contributed by atoms with Crippen molar-refractivity contribution < 1.29 is 120 Å². The van der Waals surface area contributed by atoms with Gasteiger partial charge < -0.3 is 49.4 Å². The molecular formula is C50H54ClF7N13O21PS2. The molecule has 2 aromatic carbocycles. The fraction of sp³-hybridized carbons (Fsp3) is 0.300. The van der Waals surface area contributed by atoms with Gasteiger partial charge in [0.15, 0.2) is 12.4 Å². The zero-order chi connectivity index (χ0) is 72.2. The predicted molar refractivity (Wildman–Crippen MR) is 313 cm³/mol. The summed E-state index contributed by atoms with van der Waals surface area (Å²) < 4.78 is 175. The number of nitrogens with zero attached hydrogens (tertiary/aromatic N) is 8. The van der Waals surface area contributed by atoms with Crippen LogP contribution in [0.3, 0.4) is 0 Å². The number of sulfonamides is 2. The number of anilines is 2. The van der Waals surface area contributed by atoms with Gasteiger partial charge in [-0.15, -0.1) is 0 Å². The van der Waals surface area contributed by atoms with Gasteiger partial charge in [-0.1, -0.05) is 23.7 Å². The summed E-state index contributed by atoms with van der Waals surface area (Å²) in [5.74, 6) is -7.04. The number of carbonyl (C=O) groups excluding carboxylic acids is 4. The number of carbonyl (C=O) groups is 6. The molecule has 9 N–H and O–H groups in total. The number of aromatic nitrogens is 7. The number of urea groups is 2. The molecule has 518 valence electrons. The smallest absolute Gasteiger partial charge is 0.431 e. The molecule has 5 amide bonds. The molecule has 0 bridgehead atoms. The molecule has 2 atom stereocenters. The average Bonchev–Trinajstić information content (AvgIpc) is 0.782. The number of alkyl halides is 7. The summed E-state index contributed by atoms with van der Waals surface area (Å²) in [4.78, 5) is 121. The lowest BCUT2D eigenvalue weighted by Crippen LogP contribution is -2.40. The number of esters is 1. The molecule has 95 heavy (non-hydrogen) atoms. The molecule has 0 spiro atoms. The highest BCUT2D eigenvalue weighted by molar-refractivity contribution is 7.90. The van der Waals surface area contributed by atoms with E-state index in [1.165, 1.54) is 93.3 Å². The Kier molecular flexibility index (Phi) is 28.5. The predicted octanol–water partition coefficient (Wildman–Crippen LogP) is 4.45.